The van der Waals surface area contributed by atoms with Gasteiger partial charge in [0.15, 0.2) is 5.79 Å². The largest absolute Gasteiger partial charge is 0.444 e. The second-order valence-electron chi connectivity index (χ2n) is 15.6. The molecule has 1 aliphatic carbocycles. The molecule has 50 heavy (non-hydrogen) atoms. The van der Waals surface area contributed by atoms with E-state index in [1.807, 2.05) is 90.3 Å². The number of amides is 2. The number of benzene rings is 1. The number of aromatic nitrogens is 3. The molecule has 13 heteroatoms. The van der Waals surface area contributed by atoms with Crippen molar-refractivity contribution < 1.29 is 28.5 Å². The summed E-state index contributed by atoms with van der Waals surface area (Å²) < 4.78 is 26.5. The number of rotatable bonds is 10. The first kappa shape index (κ1) is 36.9. The Hall–Kier alpha value is -4.41. The van der Waals surface area contributed by atoms with Gasteiger partial charge >= 0.3 is 12.2 Å². The topological polar surface area (TPSA) is 158 Å². The standard InChI is InChI=1S/C37H51N7O6/c1-35(2,3)49-33(45)42(18-15-24-13-10-9-11-14-24)16-12-17-43(34(46)50-36(4,5)6)21-25-19-27(30-29(25)47-37(7,8)48-30)44-22-26(20-38)28-31(39)40-23-41-32(28)44/h9-11,13-14,22-23,25,27,29-30H,12,15-19,21H2,1-8H3,(H2,39,40,41)/t25-,27-,29-,30+/m1/s1. The third-order valence-electron chi connectivity index (χ3n) is 8.80. The summed E-state index contributed by atoms with van der Waals surface area (Å²) in [6.07, 6.45) is 3.36. The van der Waals surface area contributed by atoms with Crippen molar-refractivity contribution in [2.75, 3.05) is 31.9 Å². The van der Waals surface area contributed by atoms with Gasteiger partial charge in [0, 0.05) is 38.3 Å². The number of nitrogens with two attached hydrogens (primary N) is 1. The summed E-state index contributed by atoms with van der Waals surface area (Å²) in [7, 11) is 0. The van der Waals surface area contributed by atoms with E-state index in [-0.39, 0.29) is 30.0 Å². The molecular formula is C37H51N7O6. The number of carbonyl (C=O) groups excluding carboxylic acids is 2. The Morgan fingerprint density at radius 2 is 1.60 bits per heavy atom. The Bertz CT molecular complexity index is 1710. The lowest BCUT2D eigenvalue weighted by Crippen LogP contribution is -2.44. The van der Waals surface area contributed by atoms with E-state index in [9.17, 15) is 14.9 Å². The molecule has 0 bridgehead atoms. The zero-order valence-corrected chi connectivity index (χ0v) is 30.5. The van der Waals surface area contributed by atoms with Gasteiger partial charge in [-0.2, -0.15) is 5.26 Å². The van der Waals surface area contributed by atoms with Crippen LogP contribution in [0.5, 0.6) is 0 Å². The Balaban J connectivity index is 1.37. The lowest BCUT2D eigenvalue weighted by Gasteiger charge is -2.32. The van der Waals surface area contributed by atoms with Crippen molar-refractivity contribution in [3.05, 3.63) is 54.0 Å². The van der Waals surface area contributed by atoms with Crippen molar-refractivity contribution in [1.82, 2.24) is 24.3 Å². The highest BCUT2D eigenvalue weighted by Gasteiger charge is 2.55. The summed E-state index contributed by atoms with van der Waals surface area (Å²) in [5.74, 6) is -0.757. The van der Waals surface area contributed by atoms with Gasteiger partial charge in [0.1, 0.15) is 41.2 Å². The van der Waals surface area contributed by atoms with E-state index in [4.69, 9.17) is 24.7 Å². The number of fused-ring (bicyclic) bond motifs is 2. The Labute approximate surface area is 294 Å². The van der Waals surface area contributed by atoms with Gasteiger partial charge in [0.2, 0.25) is 0 Å². The van der Waals surface area contributed by atoms with E-state index in [1.165, 1.54) is 6.33 Å². The highest BCUT2D eigenvalue weighted by molar-refractivity contribution is 5.92. The van der Waals surface area contributed by atoms with Crippen LogP contribution >= 0.6 is 0 Å². The van der Waals surface area contributed by atoms with Crippen molar-refractivity contribution in [1.29, 1.82) is 5.26 Å². The van der Waals surface area contributed by atoms with E-state index >= 15 is 0 Å². The van der Waals surface area contributed by atoms with Crippen LogP contribution in [0.1, 0.15) is 85.4 Å². The van der Waals surface area contributed by atoms with Gasteiger partial charge in [0.25, 0.3) is 0 Å². The number of nitriles is 1. The number of nitrogens with zero attached hydrogens (tertiary/aromatic N) is 6. The lowest BCUT2D eigenvalue weighted by atomic mass is 10.0. The summed E-state index contributed by atoms with van der Waals surface area (Å²) in [6, 6.07) is 12.0. The van der Waals surface area contributed by atoms with E-state index in [0.29, 0.717) is 62.0 Å². The SMILES string of the molecule is CC(C)(C)OC(=O)N(CCCN(C[C@H]1C[C@@H](n2cc(C#N)c3c(N)ncnc32)[C@@H]2OC(C)(C)O[C@H]12)C(=O)OC(C)(C)C)CCc1ccccc1. The summed E-state index contributed by atoms with van der Waals surface area (Å²) in [6.45, 7) is 16.4. The molecule has 1 saturated carbocycles. The molecule has 1 saturated heterocycles. The van der Waals surface area contributed by atoms with Crippen LogP contribution in [0.3, 0.4) is 0 Å². The molecule has 13 nitrogen and oxygen atoms in total. The van der Waals surface area contributed by atoms with Crippen molar-refractivity contribution in [2.45, 2.75) is 110 Å². The first-order valence-corrected chi connectivity index (χ1v) is 17.3. The minimum atomic E-state index is -0.856. The zero-order chi connectivity index (χ0) is 36.4. The quantitative estimate of drug-likeness (QED) is 0.265. The molecule has 3 heterocycles. The maximum absolute atomic E-state index is 13.7. The highest BCUT2D eigenvalue weighted by Crippen LogP contribution is 2.48. The second kappa shape index (κ2) is 14.4. The zero-order valence-electron chi connectivity index (χ0n) is 30.5. The fourth-order valence-corrected chi connectivity index (χ4v) is 6.80. The van der Waals surface area contributed by atoms with Crippen molar-refractivity contribution in [3.8, 4) is 6.07 Å². The molecule has 2 aromatic heterocycles. The average molecular weight is 690 g/mol. The first-order valence-electron chi connectivity index (χ1n) is 17.3. The van der Waals surface area contributed by atoms with Crippen LogP contribution in [-0.4, -0.2) is 91.9 Å². The second-order valence-corrected chi connectivity index (χ2v) is 15.6. The van der Waals surface area contributed by atoms with Crippen LogP contribution < -0.4 is 5.73 Å². The number of carbonyl (C=O) groups is 2. The third-order valence-corrected chi connectivity index (χ3v) is 8.80. The third kappa shape index (κ3) is 8.84. The molecule has 2 N–H and O–H groups in total. The van der Waals surface area contributed by atoms with Gasteiger partial charge in [-0.15, -0.1) is 0 Å². The molecule has 3 aromatic rings. The number of anilines is 1. The van der Waals surface area contributed by atoms with E-state index in [2.05, 4.69) is 16.0 Å². The Morgan fingerprint density at radius 1 is 0.980 bits per heavy atom. The highest BCUT2D eigenvalue weighted by atomic mass is 16.8. The van der Waals surface area contributed by atoms with E-state index in [0.717, 1.165) is 5.56 Å². The summed E-state index contributed by atoms with van der Waals surface area (Å²) in [5, 5.41) is 10.4. The number of ether oxygens (including phenoxy) is 4. The molecule has 5 rings (SSSR count). The summed E-state index contributed by atoms with van der Waals surface area (Å²) in [4.78, 5) is 39.0. The van der Waals surface area contributed by atoms with Gasteiger partial charge in [-0.3, -0.25) is 0 Å². The molecule has 4 atom stereocenters. The lowest BCUT2D eigenvalue weighted by molar-refractivity contribution is -0.160. The van der Waals surface area contributed by atoms with Gasteiger partial charge in [0.05, 0.1) is 23.1 Å². The van der Waals surface area contributed by atoms with Crippen LogP contribution in [0, 0.1) is 17.2 Å². The van der Waals surface area contributed by atoms with Gasteiger partial charge in [-0.05, 0) is 80.2 Å². The fraction of sp³-hybridized carbons (Fsp3) is 0.595. The van der Waals surface area contributed by atoms with Crippen LogP contribution in [0.4, 0.5) is 15.4 Å². The summed E-state index contributed by atoms with van der Waals surface area (Å²) >= 11 is 0. The molecule has 1 aromatic carbocycles. The molecule has 2 aliphatic rings. The minimum Gasteiger partial charge on any atom is -0.444 e. The van der Waals surface area contributed by atoms with Crippen LogP contribution in [-0.2, 0) is 25.4 Å². The fourth-order valence-electron chi connectivity index (χ4n) is 6.80. The maximum atomic E-state index is 13.7. The van der Waals surface area contributed by atoms with Gasteiger partial charge < -0.3 is 39.0 Å². The van der Waals surface area contributed by atoms with Crippen LogP contribution in [0.2, 0.25) is 0 Å². The molecule has 2 fully saturated rings. The molecule has 0 unspecified atom stereocenters. The van der Waals surface area contributed by atoms with E-state index < -0.39 is 29.2 Å². The smallest absolute Gasteiger partial charge is 0.410 e. The average Bonchev–Trinajstić information content (AvgIpc) is 3.65. The first-order chi connectivity index (χ1) is 23.4. The Morgan fingerprint density at radius 3 is 2.24 bits per heavy atom. The normalized spacial score (nSPS) is 21.4. The summed E-state index contributed by atoms with van der Waals surface area (Å²) in [5.41, 5.74) is 6.87. The molecule has 0 radical (unpaired) electrons. The molecule has 0 spiro atoms. The van der Waals surface area contributed by atoms with Crippen LogP contribution in [0.25, 0.3) is 11.0 Å². The van der Waals surface area contributed by atoms with Crippen LogP contribution in [0.15, 0.2) is 42.9 Å². The monoisotopic (exact) mass is 689 g/mol. The van der Waals surface area contributed by atoms with Gasteiger partial charge in [-0.25, -0.2) is 19.6 Å². The number of nitrogen functional groups attached to an aromatic ring is 1. The number of hydrogen-bond acceptors (Lipinski definition) is 10. The molecule has 1 aliphatic heterocycles. The van der Waals surface area contributed by atoms with Crippen molar-refractivity contribution in [3.63, 3.8) is 0 Å². The predicted molar refractivity (Wildman–Crippen MR) is 188 cm³/mol. The van der Waals surface area contributed by atoms with Crippen molar-refractivity contribution >= 4 is 29.0 Å². The molecule has 2 amide bonds. The number of hydrogen-bond donors (Lipinski definition) is 1. The maximum Gasteiger partial charge on any atom is 0.410 e. The minimum absolute atomic E-state index is 0.137. The Kier molecular flexibility index (Phi) is 10.6. The molecular weight excluding hydrogens is 638 g/mol. The predicted octanol–water partition coefficient (Wildman–Crippen LogP) is 6.07. The molecule has 270 valence electrons. The van der Waals surface area contributed by atoms with Gasteiger partial charge in [-0.1, -0.05) is 30.3 Å². The van der Waals surface area contributed by atoms with Crippen molar-refractivity contribution in [2.24, 2.45) is 5.92 Å². The van der Waals surface area contributed by atoms with E-state index in [1.54, 1.807) is 16.0 Å².